The zero-order chi connectivity index (χ0) is 16.3. The van der Waals surface area contributed by atoms with E-state index in [0.29, 0.717) is 16.5 Å². The minimum Gasteiger partial charge on any atom is -0.312 e. The van der Waals surface area contributed by atoms with Crippen LogP contribution in [-0.4, -0.2) is 32.0 Å². The topological polar surface area (TPSA) is 46.2 Å². The molecular formula is C15H23Cl2NO2S. The fourth-order valence-electron chi connectivity index (χ4n) is 2.07. The van der Waals surface area contributed by atoms with Gasteiger partial charge >= 0.3 is 0 Å². The second-order valence-corrected chi connectivity index (χ2v) is 9.18. The lowest BCUT2D eigenvalue weighted by molar-refractivity contribution is 0.406. The highest BCUT2D eigenvalue weighted by Gasteiger charge is 2.38. The lowest BCUT2D eigenvalue weighted by Crippen LogP contribution is -2.52. The second-order valence-electron chi connectivity index (χ2n) is 5.80. The Morgan fingerprint density at radius 1 is 1.29 bits per heavy atom. The molecule has 0 spiro atoms. The van der Waals surface area contributed by atoms with Gasteiger partial charge in [-0.1, -0.05) is 42.3 Å². The Kier molecular flexibility index (Phi) is 6.54. The molecule has 0 saturated heterocycles. The molecule has 0 fully saturated rings. The van der Waals surface area contributed by atoms with Gasteiger partial charge in [0.1, 0.15) is 0 Å². The maximum Gasteiger partial charge on any atom is 0.154 e. The van der Waals surface area contributed by atoms with Gasteiger partial charge in [-0.3, -0.25) is 0 Å². The number of sulfone groups is 1. The summed E-state index contributed by atoms with van der Waals surface area (Å²) < 4.78 is 23.3. The lowest BCUT2D eigenvalue weighted by atomic mass is 9.95. The highest BCUT2D eigenvalue weighted by molar-refractivity contribution is 7.92. The summed E-state index contributed by atoms with van der Waals surface area (Å²) in [7, 11) is -3.21. The summed E-state index contributed by atoms with van der Waals surface area (Å²) >= 11 is 12.3. The molecule has 0 heterocycles. The Morgan fingerprint density at radius 3 is 2.43 bits per heavy atom. The lowest BCUT2D eigenvalue weighted by Gasteiger charge is -2.34. The van der Waals surface area contributed by atoms with Gasteiger partial charge in [0.2, 0.25) is 0 Å². The molecule has 6 heteroatoms. The van der Waals surface area contributed by atoms with Gasteiger partial charge < -0.3 is 5.32 Å². The number of nitrogens with one attached hydrogen (secondary N) is 1. The summed E-state index contributed by atoms with van der Waals surface area (Å²) in [5.74, 6) is 0. The SMILES string of the molecule is CCCNC(Cc1cccc(Cl)c1Cl)C(C)(C)S(C)(=O)=O. The highest BCUT2D eigenvalue weighted by atomic mass is 35.5. The van der Waals surface area contributed by atoms with Crippen LogP contribution in [0.4, 0.5) is 0 Å². The van der Waals surface area contributed by atoms with E-state index in [2.05, 4.69) is 5.32 Å². The molecule has 0 radical (unpaired) electrons. The van der Waals surface area contributed by atoms with Gasteiger partial charge in [-0.05, 0) is 44.9 Å². The molecule has 0 aliphatic heterocycles. The van der Waals surface area contributed by atoms with Crippen LogP contribution in [0, 0.1) is 0 Å². The molecule has 1 atom stereocenters. The van der Waals surface area contributed by atoms with Gasteiger partial charge in [0.05, 0.1) is 14.8 Å². The Balaban J connectivity index is 3.12. The summed E-state index contributed by atoms with van der Waals surface area (Å²) in [6.45, 7) is 6.29. The van der Waals surface area contributed by atoms with E-state index in [9.17, 15) is 8.42 Å². The minimum absolute atomic E-state index is 0.233. The van der Waals surface area contributed by atoms with Crippen LogP contribution in [0.25, 0.3) is 0 Å². The van der Waals surface area contributed by atoms with Crippen molar-refractivity contribution in [2.45, 2.75) is 44.4 Å². The van der Waals surface area contributed by atoms with E-state index >= 15 is 0 Å². The quantitative estimate of drug-likeness (QED) is 0.813. The molecule has 0 saturated carbocycles. The summed E-state index contributed by atoms with van der Waals surface area (Å²) in [4.78, 5) is 0. The third-order valence-corrected chi connectivity index (χ3v) is 6.95. The zero-order valence-electron chi connectivity index (χ0n) is 12.9. The van der Waals surface area contributed by atoms with Crippen LogP contribution in [0.1, 0.15) is 32.8 Å². The van der Waals surface area contributed by atoms with Crippen LogP contribution in [0.5, 0.6) is 0 Å². The second kappa shape index (κ2) is 7.32. The van der Waals surface area contributed by atoms with Crippen LogP contribution < -0.4 is 5.32 Å². The average molecular weight is 352 g/mol. The number of benzene rings is 1. The third-order valence-electron chi connectivity index (χ3n) is 3.89. The summed E-state index contributed by atoms with van der Waals surface area (Å²) in [5.41, 5.74) is 0.856. The van der Waals surface area contributed by atoms with E-state index in [1.54, 1.807) is 19.9 Å². The number of rotatable bonds is 7. The molecule has 1 rings (SSSR count). The molecule has 0 aliphatic carbocycles. The van der Waals surface area contributed by atoms with Crippen molar-refractivity contribution in [3.05, 3.63) is 33.8 Å². The monoisotopic (exact) mass is 351 g/mol. The van der Waals surface area contributed by atoms with Crippen molar-refractivity contribution in [1.29, 1.82) is 0 Å². The van der Waals surface area contributed by atoms with Crippen molar-refractivity contribution >= 4 is 33.0 Å². The van der Waals surface area contributed by atoms with Gasteiger partial charge in [0.15, 0.2) is 9.84 Å². The molecule has 21 heavy (non-hydrogen) atoms. The molecule has 3 nitrogen and oxygen atoms in total. The van der Waals surface area contributed by atoms with Crippen LogP contribution in [0.3, 0.4) is 0 Å². The first kappa shape index (κ1) is 18.8. The summed E-state index contributed by atoms with van der Waals surface area (Å²) in [5, 5.41) is 4.31. The first-order valence-corrected chi connectivity index (χ1v) is 9.61. The van der Waals surface area contributed by atoms with Crippen molar-refractivity contribution in [3.63, 3.8) is 0 Å². The van der Waals surface area contributed by atoms with Crippen LogP contribution in [0.2, 0.25) is 10.0 Å². The van der Waals surface area contributed by atoms with Crippen molar-refractivity contribution < 1.29 is 8.42 Å². The molecule has 1 N–H and O–H groups in total. The molecule has 0 aromatic heterocycles. The van der Waals surface area contributed by atoms with Crippen molar-refractivity contribution in [3.8, 4) is 0 Å². The van der Waals surface area contributed by atoms with Gasteiger partial charge in [0, 0.05) is 12.3 Å². The molecular weight excluding hydrogens is 329 g/mol. The van der Waals surface area contributed by atoms with E-state index in [0.717, 1.165) is 18.5 Å². The molecule has 0 amide bonds. The zero-order valence-corrected chi connectivity index (χ0v) is 15.2. The smallest absolute Gasteiger partial charge is 0.154 e. The van der Waals surface area contributed by atoms with Crippen molar-refractivity contribution in [2.24, 2.45) is 0 Å². The normalized spacial score (nSPS) is 14.2. The first-order chi connectivity index (χ1) is 9.61. The van der Waals surface area contributed by atoms with E-state index in [1.807, 2.05) is 19.1 Å². The van der Waals surface area contributed by atoms with Crippen molar-refractivity contribution in [1.82, 2.24) is 5.32 Å². The molecule has 1 aromatic rings. The fraction of sp³-hybridized carbons (Fsp3) is 0.600. The first-order valence-electron chi connectivity index (χ1n) is 6.97. The Hall–Kier alpha value is -0.290. The molecule has 1 unspecified atom stereocenters. The fourth-order valence-corrected chi connectivity index (χ4v) is 3.15. The van der Waals surface area contributed by atoms with Crippen molar-refractivity contribution in [2.75, 3.05) is 12.8 Å². The largest absolute Gasteiger partial charge is 0.312 e. The third kappa shape index (κ3) is 4.59. The van der Waals surface area contributed by atoms with Crippen LogP contribution >= 0.6 is 23.2 Å². The molecule has 0 aliphatic rings. The molecule has 1 aromatic carbocycles. The van der Waals surface area contributed by atoms with Gasteiger partial charge in [-0.25, -0.2) is 8.42 Å². The number of hydrogen-bond donors (Lipinski definition) is 1. The van der Waals surface area contributed by atoms with Gasteiger partial charge in [0.25, 0.3) is 0 Å². The maximum atomic E-state index is 12.1. The van der Waals surface area contributed by atoms with Crippen LogP contribution in [-0.2, 0) is 16.3 Å². The maximum absolute atomic E-state index is 12.1. The number of halogens is 2. The molecule has 120 valence electrons. The van der Waals surface area contributed by atoms with Crippen LogP contribution in [0.15, 0.2) is 18.2 Å². The number of hydrogen-bond acceptors (Lipinski definition) is 3. The minimum atomic E-state index is -3.21. The van der Waals surface area contributed by atoms with E-state index in [1.165, 1.54) is 6.26 Å². The summed E-state index contributed by atoms with van der Waals surface area (Å²) in [6.07, 6.45) is 2.71. The Bertz CT molecular complexity index is 585. The standard InChI is InChI=1S/C15H23Cl2NO2S/c1-5-9-18-13(15(2,3)21(4,19)20)10-11-7-6-8-12(16)14(11)17/h6-8,13,18H,5,9-10H2,1-4H3. The Labute approximate surface area is 137 Å². The predicted molar refractivity (Wildman–Crippen MR) is 91.2 cm³/mol. The summed E-state index contributed by atoms with van der Waals surface area (Å²) in [6, 6.07) is 5.20. The Morgan fingerprint density at radius 2 is 1.90 bits per heavy atom. The predicted octanol–water partition coefficient (Wildman–Crippen LogP) is 3.73. The van der Waals surface area contributed by atoms with E-state index in [4.69, 9.17) is 23.2 Å². The van der Waals surface area contributed by atoms with E-state index in [-0.39, 0.29) is 6.04 Å². The highest BCUT2D eigenvalue weighted by Crippen LogP contribution is 2.30. The molecule has 0 bridgehead atoms. The average Bonchev–Trinajstić information content (AvgIpc) is 2.37. The van der Waals surface area contributed by atoms with Gasteiger partial charge in [-0.2, -0.15) is 0 Å². The van der Waals surface area contributed by atoms with E-state index < -0.39 is 14.6 Å². The van der Waals surface area contributed by atoms with Gasteiger partial charge in [-0.15, -0.1) is 0 Å².